The first-order valence-electron chi connectivity index (χ1n) is 13.1. The van der Waals surface area contributed by atoms with Crippen LogP contribution in [0.2, 0.25) is 0 Å². The van der Waals surface area contributed by atoms with E-state index in [1.807, 2.05) is 30.3 Å². The third-order valence-corrected chi connectivity index (χ3v) is 7.37. The van der Waals surface area contributed by atoms with Crippen LogP contribution in [0, 0.1) is 0 Å². The lowest BCUT2D eigenvalue weighted by Crippen LogP contribution is -2.60. The number of nitrogens with zero attached hydrogens (tertiary/aromatic N) is 1. The molecule has 3 saturated heterocycles. The maximum Gasteiger partial charge on any atom is 0.250 e. The van der Waals surface area contributed by atoms with Gasteiger partial charge in [0.25, 0.3) is 0 Å². The van der Waals surface area contributed by atoms with Crippen molar-refractivity contribution in [2.24, 2.45) is 0 Å². The summed E-state index contributed by atoms with van der Waals surface area (Å²) in [6.07, 6.45) is 4.92. The molecule has 0 aliphatic carbocycles. The Morgan fingerprint density at radius 2 is 1.83 bits per heavy atom. The SMILES string of the molecule is CC1(C)NC[C@@H](CCCCCC(=O)[C@@H]2CO2)NC(=O)C2CCCN2C(=O)C(c2ccccc2)NC1=O. The molecule has 3 aliphatic rings. The van der Waals surface area contributed by atoms with Crippen LogP contribution in [-0.4, -0.2) is 71.8 Å². The van der Waals surface area contributed by atoms with Gasteiger partial charge < -0.3 is 25.6 Å². The number of hydrogen-bond acceptors (Lipinski definition) is 6. The highest BCUT2D eigenvalue weighted by atomic mass is 16.6. The molecule has 36 heavy (non-hydrogen) atoms. The highest BCUT2D eigenvalue weighted by Gasteiger charge is 2.41. The number of unbranched alkanes of at least 4 members (excludes halogenated alkanes) is 2. The van der Waals surface area contributed by atoms with Crippen LogP contribution in [0.25, 0.3) is 0 Å². The van der Waals surface area contributed by atoms with Crippen molar-refractivity contribution in [2.45, 2.75) is 88.6 Å². The van der Waals surface area contributed by atoms with Gasteiger partial charge in [-0.05, 0) is 45.1 Å². The molecule has 4 atom stereocenters. The normalized spacial score (nSPS) is 28.4. The van der Waals surface area contributed by atoms with Crippen molar-refractivity contribution in [1.82, 2.24) is 20.9 Å². The number of rotatable bonds is 8. The lowest BCUT2D eigenvalue weighted by molar-refractivity contribution is -0.142. The van der Waals surface area contributed by atoms with Crippen molar-refractivity contribution in [3.05, 3.63) is 35.9 Å². The Labute approximate surface area is 212 Å². The summed E-state index contributed by atoms with van der Waals surface area (Å²) in [5, 5.41) is 9.40. The summed E-state index contributed by atoms with van der Waals surface area (Å²) in [5.41, 5.74) is -0.254. The lowest BCUT2D eigenvalue weighted by atomic mass is 9.98. The lowest BCUT2D eigenvalue weighted by Gasteiger charge is -2.35. The van der Waals surface area contributed by atoms with Gasteiger partial charge >= 0.3 is 0 Å². The molecule has 1 aromatic rings. The molecule has 4 rings (SSSR count). The molecular weight excluding hydrogens is 460 g/mol. The van der Waals surface area contributed by atoms with Gasteiger partial charge in [0.15, 0.2) is 5.78 Å². The first-order valence-corrected chi connectivity index (χ1v) is 13.1. The van der Waals surface area contributed by atoms with E-state index in [0.29, 0.717) is 38.1 Å². The maximum absolute atomic E-state index is 13.7. The second kappa shape index (κ2) is 11.5. The average Bonchev–Trinajstić information content (AvgIpc) is 3.60. The van der Waals surface area contributed by atoms with Crippen LogP contribution in [0.4, 0.5) is 0 Å². The average molecular weight is 499 g/mol. The van der Waals surface area contributed by atoms with E-state index in [-0.39, 0.29) is 35.7 Å². The van der Waals surface area contributed by atoms with Crippen LogP contribution < -0.4 is 16.0 Å². The largest absolute Gasteiger partial charge is 0.365 e. The first kappa shape index (κ1) is 26.3. The molecule has 0 bridgehead atoms. The third-order valence-electron chi connectivity index (χ3n) is 7.37. The molecule has 3 amide bonds. The highest BCUT2D eigenvalue weighted by Crippen LogP contribution is 2.25. The minimum atomic E-state index is -0.948. The number of hydrogen-bond donors (Lipinski definition) is 3. The van der Waals surface area contributed by atoms with Gasteiger partial charge in [-0.2, -0.15) is 0 Å². The number of ether oxygens (including phenoxy) is 1. The van der Waals surface area contributed by atoms with Crippen LogP contribution in [0.1, 0.15) is 70.4 Å². The predicted octanol–water partition coefficient (Wildman–Crippen LogP) is 1.62. The molecule has 3 N–H and O–H groups in total. The van der Waals surface area contributed by atoms with Crippen LogP contribution in [0.5, 0.6) is 0 Å². The Morgan fingerprint density at radius 3 is 2.56 bits per heavy atom. The molecule has 196 valence electrons. The second-order valence-electron chi connectivity index (χ2n) is 10.6. The molecule has 0 saturated carbocycles. The topological polar surface area (TPSA) is 120 Å². The van der Waals surface area contributed by atoms with Gasteiger partial charge in [-0.25, -0.2) is 0 Å². The number of amides is 3. The van der Waals surface area contributed by atoms with Crippen LogP contribution in [0.15, 0.2) is 30.3 Å². The Kier molecular flexibility index (Phi) is 8.41. The minimum absolute atomic E-state index is 0.148. The third kappa shape index (κ3) is 6.50. The van der Waals surface area contributed by atoms with E-state index in [2.05, 4.69) is 16.0 Å². The number of ketones is 1. The molecule has 9 heteroatoms. The zero-order chi connectivity index (χ0) is 25.7. The van der Waals surface area contributed by atoms with Crippen molar-refractivity contribution in [1.29, 1.82) is 0 Å². The van der Waals surface area contributed by atoms with Crippen LogP contribution in [0.3, 0.4) is 0 Å². The number of carbonyl (C=O) groups is 4. The molecule has 0 radical (unpaired) electrons. The van der Waals surface area contributed by atoms with Gasteiger partial charge in [-0.15, -0.1) is 0 Å². The monoisotopic (exact) mass is 498 g/mol. The number of Topliss-reactive ketones (excluding diaryl/α,β-unsaturated/α-hetero) is 1. The van der Waals surface area contributed by atoms with E-state index in [4.69, 9.17) is 4.74 Å². The van der Waals surface area contributed by atoms with Crippen molar-refractivity contribution < 1.29 is 23.9 Å². The van der Waals surface area contributed by atoms with Gasteiger partial charge in [0, 0.05) is 25.6 Å². The fourth-order valence-electron chi connectivity index (χ4n) is 4.96. The molecule has 0 spiro atoms. The van der Waals surface area contributed by atoms with E-state index in [1.165, 1.54) is 0 Å². The van der Waals surface area contributed by atoms with Gasteiger partial charge in [-0.3, -0.25) is 19.2 Å². The molecule has 1 aromatic carbocycles. The number of nitrogens with one attached hydrogen (secondary N) is 3. The summed E-state index contributed by atoms with van der Waals surface area (Å²) in [4.78, 5) is 53.7. The highest BCUT2D eigenvalue weighted by molar-refractivity contribution is 5.95. The number of carbonyl (C=O) groups excluding carboxylic acids is 4. The van der Waals surface area contributed by atoms with Gasteiger partial charge in [-0.1, -0.05) is 43.2 Å². The van der Waals surface area contributed by atoms with Crippen LogP contribution >= 0.6 is 0 Å². The minimum Gasteiger partial charge on any atom is -0.365 e. The summed E-state index contributed by atoms with van der Waals surface area (Å²) < 4.78 is 5.04. The summed E-state index contributed by atoms with van der Waals surface area (Å²) in [6.45, 7) is 5.03. The molecule has 0 aromatic heterocycles. The van der Waals surface area contributed by atoms with Crippen molar-refractivity contribution >= 4 is 23.5 Å². The Balaban J connectivity index is 1.45. The zero-order valence-corrected chi connectivity index (χ0v) is 21.3. The van der Waals surface area contributed by atoms with Gasteiger partial charge in [0.05, 0.1) is 12.1 Å². The molecule has 3 fully saturated rings. The maximum atomic E-state index is 13.7. The zero-order valence-electron chi connectivity index (χ0n) is 21.3. The molecule has 3 heterocycles. The van der Waals surface area contributed by atoms with E-state index >= 15 is 0 Å². The van der Waals surface area contributed by atoms with E-state index in [9.17, 15) is 19.2 Å². The Bertz CT molecular complexity index is 962. The molecule has 2 unspecified atom stereocenters. The fraction of sp³-hybridized carbons (Fsp3) is 0.630. The van der Waals surface area contributed by atoms with Gasteiger partial charge in [0.1, 0.15) is 18.2 Å². The quantitative estimate of drug-likeness (QED) is 0.370. The Hall–Kier alpha value is -2.78. The van der Waals surface area contributed by atoms with Crippen molar-refractivity contribution in [3.8, 4) is 0 Å². The summed E-state index contributed by atoms with van der Waals surface area (Å²) >= 11 is 0. The summed E-state index contributed by atoms with van der Waals surface area (Å²) in [7, 11) is 0. The molecule has 9 nitrogen and oxygen atoms in total. The van der Waals surface area contributed by atoms with E-state index < -0.39 is 17.6 Å². The summed E-state index contributed by atoms with van der Waals surface area (Å²) in [6, 6.07) is 7.59. The fourth-order valence-corrected chi connectivity index (χ4v) is 4.96. The smallest absolute Gasteiger partial charge is 0.250 e. The summed E-state index contributed by atoms with van der Waals surface area (Å²) in [5.74, 6) is -0.509. The van der Waals surface area contributed by atoms with Crippen molar-refractivity contribution in [3.63, 3.8) is 0 Å². The first-order chi connectivity index (χ1) is 17.3. The Morgan fingerprint density at radius 1 is 1.08 bits per heavy atom. The number of benzene rings is 1. The van der Waals surface area contributed by atoms with E-state index in [0.717, 1.165) is 32.1 Å². The second-order valence-corrected chi connectivity index (χ2v) is 10.6. The predicted molar refractivity (Wildman–Crippen MR) is 134 cm³/mol. The van der Waals surface area contributed by atoms with E-state index in [1.54, 1.807) is 18.7 Å². The molecule has 3 aliphatic heterocycles. The molecular formula is C27H38N4O5. The number of epoxide rings is 1. The van der Waals surface area contributed by atoms with Crippen LogP contribution in [-0.2, 0) is 23.9 Å². The standard InChI is InChI=1S/C27H38N4O5/c1-27(2)26(35)30-23(18-10-5-3-6-11-18)25(34)31-15-9-13-20(31)24(33)29-19(16-28-27)12-7-4-8-14-21(32)22-17-36-22/h3,5-6,10-11,19-20,22-23,28H,4,7-9,12-17H2,1-2H3,(H,29,33)(H,30,35)/t19-,20?,22+,23?/m1/s1. The van der Waals surface area contributed by atoms with Gasteiger partial charge in [0.2, 0.25) is 17.7 Å². The number of fused-ring (bicyclic) bond motifs is 1. The van der Waals surface area contributed by atoms with Crippen molar-refractivity contribution in [2.75, 3.05) is 19.7 Å².